The van der Waals surface area contributed by atoms with Crippen LogP contribution in [0, 0.1) is 5.92 Å². The van der Waals surface area contributed by atoms with Crippen molar-refractivity contribution in [3.05, 3.63) is 71.6 Å². The van der Waals surface area contributed by atoms with Crippen LogP contribution in [0.4, 0.5) is 5.69 Å². The smallest absolute Gasteiger partial charge is 0.274 e. The van der Waals surface area contributed by atoms with Gasteiger partial charge in [0, 0.05) is 30.0 Å². The first-order valence-corrected chi connectivity index (χ1v) is 10.7. The minimum absolute atomic E-state index is 0.0925. The van der Waals surface area contributed by atoms with Gasteiger partial charge in [0.15, 0.2) is 0 Å². The number of carbonyl (C=O) groups excluding carboxylic acids is 2. The molecule has 0 radical (unpaired) electrons. The number of anilines is 1. The Morgan fingerprint density at radius 1 is 1.03 bits per heavy atom. The molecule has 6 heteroatoms. The van der Waals surface area contributed by atoms with Crippen molar-refractivity contribution in [2.24, 2.45) is 5.92 Å². The molecule has 1 unspecified atom stereocenters. The zero-order valence-corrected chi connectivity index (χ0v) is 17.1. The van der Waals surface area contributed by atoms with Crippen LogP contribution >= 0.6 is 0 Å². The molecule has 0 bridgehead atoms. The molecule has 0 spiro atoms. The Hall–Kier alpha value is -2.99. The highest BCUT2D eigenvalue weighted by Gasteiger charge is 2.24. The second-order valence-corrected chi connectivity index (χ2v) is 8.12. The van der Waals surface area contributed by atoms with Crippen LogP contribution in [0.25, 0.3) is 0 Å². The van der Waals surface area contributed by atoms with Gasteiger partial charge in [-0.15, -0.1) is 0 Å². The lowest BCUT2D eigenvalue weighted by Gasteiger charge is -2.18. The van der Waals surface area contributed by atoms with Crippen molar-refractivity contribution >= 4 is 17.5 Å². The number of hydrogen-bond donors (Lipinski definition) is 3. The second-order valence-electron chi connectivity index (χ2n) is 8.12. The highest BCUT2D eigenvalue weighted by Crippen LogP contribution is 2.22. The van der Waals surface area contributed by atoms with Crippen LogP contribution in [0.2, 0.25) is 0 Å². The van der Waals surface area contributed by atoms with Gasteiger partial charge in [0.25, 0.3) is 11.8 Å². The molecule has 1 aromatic heterocycles. The molecule has 6 nitrogen and oxygen atoms in total. The zero-order chi connectivity index (χ0) is 20.8. The van der Waals surface area contributed by atoms with Crippen LogP contribution in [0.15, 0.2) is 54.7 Å². The van der Waals surface area contributed by atoms with E-state index < -0.39 is 0 Å². The van der Waals surface area contributed by atoms with Crippen LogP contribution in [0.1, 0.15) is 58.5 Å². The first-order chi connectivity index (χ1) is 14.7. The number of pyridine rings is 1. The van der Waals surface area contributed by atoms with Gasteiger partial charge in [-0.2, -0.15) is 0 Å². The summed E-state index contributed by atoms with van der Waals surface area (Å²) in [5.74, 6) is 0.271. The number of allylic oxidation sites excluding steroid dienone is 2. The molecular weight excluding hydrogens is 376 g/mol. The summed E-state index contributed by atoms with van der Waals surface area (Å²) in [6, 6.07) is 11.0. The summed E-state index contributed by atoms with van der Waals surface area (Å²) >= 11 is 0. The van der Waals surface area contributed by atoms with E-state index in [4.69, 9.17) is 0 Å². The summed E-state index contributed by atoms with van der Waals surface area (Å²) in [5, 5.41) is 9.42. The summed E-state index contributed by atoms with van der Waals surface area (Å²) in [4.78, 5) is 29.2. The van der Waals surface area contributed by atoms with Gasteiger partial charge in [0.1, 0.15) is 5.69 Å². The number of nitrogens with one attached hydrogen (secondary N) is 3. The van der Waals surface area contributed by atoms with E-state index in [9.17, 15) is 9.59 Å². The Labute approximate surface area is 177 Å². The Morgan fingerprint density at radius 2 is 1.93 bits per heavy atom. The van der Waals surface area contributed by atoms with Crippen LogP contribution in [0.5, 0.6) is 0 Å². The fraction of sp³-hybridized carbons (Fsp3) is 0.375. The molecular formula is C24H28N4O2. The highest BCUT2D eigenvalue weighted by atomic mass is 16.2. The number of benzene rings is 1. The first kappa shape index (κ1) is 20.3. The largest absolute Gasteiger partial charge is 0.349 e. The van der Waals surface area contributed by atoms with E-state index in [2.05, 4.69) is 33.1 Å². The number of nitrogens with zero attached hydrogens (tertiary/aromatic N) is 1. The lowest BCUT2D eigenvalue weighted by Crippen LogP contribution is -2.26. The molecule has 3 N–H and O–H groups in total. The summed E-state index contributed by atoms with van der Waals surface area (Å²) in [7, 11) is 0. The number of rotatable bonds is 8. The maximum Gasteiger partial charge on any atom is 0.274 e. The Kier molecular flexibility index (Phi) is 6.54. The van der Waals surface area contributed by atoms with E-state index in [1.807, 2.05) is 12.1 Å². The lowest BCUT2D eigenvalue weighted by molar-refractivity contribution is 0.0949. The van der Waals surface area contributed by atoms with Gasteiger partial charge in [-0.05, 0) is 80.5 Å². The van der Waals surface area contributed by atoms with Crippen molar-refractivity contribution in [1.82, 2.24) is 15.6 Å². The van der Waals surface area contributed by atoms with Gasteiger partial charge >= 0.3 is 0 Å². The lowest BCUT2D eigenvalue weighted by atomic mass is 9.94. The molecule has 2 aliphatic carbocycles. The van der Waals surface area contributed by atoms with E-state index >= 15 is 0 Å². The summed E-state index contributed by atoms with van der Waals surface area (Å²) < 4.78 is 0. The zero-order valence-electron chi connectivity index (χ0n) is 17.1. The highest BCUT2D eigenvalue weighted by molar-refractivity contribution is 6.04. The number of aromatic nitrogens is 1. The summed E-state index contributed by atoms with van der Waals surface area (Å²) in [6.07, 6.45) is 11.6. The van der Waals surface area contributed by atoms with E-state index in [-0.39, 0.29) is 17.9 Å². The minimum Gasteiger partial charge on any atom is -0.349 e. The predicted octanol–water partition coefficient (Wildman–Crippen LogP) is 3.67. The van der Waals surface area contributed by atoms with Crippen LogP contribution < -0.4 is 16.0 Å². The Bertz CT molecular complexity index is 922. The van der Waals surface area contributed by atoms with E-state index in [0.717, 1.165) is 37.8 Å². The van der Waals surface area contributed by atoms with Crippen molar-refractivity contribution in [3.63, 3.8) is 0 Å². The molecule has 2 aliphatic rings. The van der Waals surface area contributed by atoms with Crippen molar-refractivity contribution in [2.75, 3.05) is 11.9 Å². The molecule has 156 valence electrons. The molecule has 30 heavy (non-hydrogen) atoms. The summed E-state index contributed by atoms with van der Waals surface area (Å²) in [5.41, 5.74) is 2.49. The molecule has 1 heterocycles. The molecule has 1 fully saturated rings. The predicted molar refractivity (Wildman–Crippen MR) is 117 cm³/mol. The van der Waals surface area contributed by atoms with Gasteiger partial charge in [0.2, 0.25) is 0 Å². The molecule has 2 aromatic rings. The maximum atomic E-state index is 12.6. The summed E-state index contributed by atoms with van der Waals surface area (Å²) in [6.45, 7) is 1.59. The number of carbonyl (C=O) groups is 2. The van der Waals surface area contributed by atoms with Crippen LogP contribution in [-0.4, -0.2) is 29.4 Å². The molecule has 1 aromatic carbocycles. The van der Waals surface area contributed by atoms with Gasteiger partial charge in [0.05, 0.1) is 0 Å². The third-order valence-corrected chi connectivity index (χ3v) is 5.46. The van der Waals surface area contributed by atoms with Crippen LogP contribution in [-0.2, 0) is 6.54 Å². The van der Waals surface area contributed by atoms with Crippen molar-refractivity contribution in [1.29, 1.82) is 0 Å². The standard InChI is InChI=1S/C24H28N4O2/c29-23(27-20-9-10-20)19-12-18(16-25-15-17-6-2-1-3-7-17)13-21(14-19)28-24(30)22-8-4-5-11-26-22/h1-2,4-5,8,11-14,17,20,25H,3,6-7,9-10,15-16H2,(H,27,29)(H,28,30). The molecule has 0 aliphatic heterocycles. The Morgan fingerprint density at radius 3 is 2.67 bits per heavy atom. The fourth-order valence-electron chi connectivity index (χ4n) is 3.65. The SMILES string of the molecule is O=C(NC1CC1)c1cc(CNCC2CC=CCC2)cc(NC(=O)c2ccccn2)c1. The topological polar surface area (TPSA) is 83.1 Å². The van der Waals surface area contributed by atoms with E-state index in [1.54, 1.807) is 30.5 Å². The van der Waals surface area contributed by atoms with Gasteiger partial charge in [-0.3, -0.25) is 14.6 Å². The minimum atomic E-state index is -0.289. The van der Waals surface area contributed by atoms with Gasteiger partial charge in [-0.25, -0.2) is 0 Å². The number of hydrogen-bond acceptors (Lipinski definition) is 4. The normalized spacial score (nSPS) is 18.1. The molecule has 0 saturated heterocycles. The van der Waals surface area contributed by atoms with Crippen molar-refractivity contribution in [2.45, 2.75) is 44.7 Å². The number of amides is 2. The van der Waals surface area contributed by atoms with E-state index in [0.29, 0.717) is 29.4 Å². The monoisotopic (exact) mass is 404 g/mol. The molecule has 1 atom stereocenters. The molecule has 2 amide bonds. The van der Waals surface area contributed by atoms with Crippen molar-refractivity contribution < 1.29 is 9.59 Å². The molecule has 1 saturated carbocycles. The van der Waals surface area contributed by atoms with E-state index in [1.165, 1.54) is 6.42 Å². The second kappa shape index (κ2) is 9.67. The average molecular weight is 405 g/mol. The quantitative estimate of drug-likeness (QED) is 0.586. The molecule has 4 rings (SSSR count). The third kappa shape index (κ3) is 5.76. The first-order valence-electron chi connectivity index (χ1n) is 10.7. The van der Waals surface area contributed by atoms with Gasteiger partial charge in [-0.1, -0.05) is 18.2 Å². The maximum absolute atomic E-state index is 12.6. The van der Waals surface area contributed by atoms with Crippen LogP contribution in [0.3, 0.4) is 0 Å². The van der Waals surface area contributed by atoms with Crippen molar-refractivity contribution in [3.8, 4) is 0 Å². The van der Waals surface area contributed by atoms with Gasteiger partial charge < -0.3 is 16.0 Å². The average Bonchev–Trinajstić information content (AvgIpc) is 3.59. The Balaban J connectivity index is 1.46. The third-order valence-electron chi connectivity index (χ3n) is 5.46. The fourth-order valence-corrected chi connectivity index (χ4v) is 3.65.